The van der Waals surface area contributed by atoms with Gasteiger partial charge in [-0.1, -0.05) is 0 Å². The molecule has 2 aromatic rings. The number of anilines is 2. The van der Waals surface area contributed by atoms with Crippen molar-refractivity contribution in [1.29, 1.82) is 0 Å². The topological polar surface area (TPSA) is 82.2 Å². The minimum Gasteiger partial charge on any atom is -0.497 e. The fourth-order valence-electron chi connectivity index (χ4n) is 4.18. The van der Waals surface area contributed by atoms with Crippen molar-refractivity contribution in [3.05, 3.63) is 54.3 Å². The number of hydrogen-bond donors (Lipinski definition) is 1. The molecule has 2 aliphatic rings. The first-order chi connectivity index (χ1) is 15.9. The van der Waals surface area contributed by atoms with Gasteiger partial charge in [-0.05, 0) is 48.5 Å². The summed E-state index contributed by atoms with van der Waals surface area (Å²) < 4.78 is 18.3. The third kappa shape index (κ3) is 5.24. The molecule has 4 rings (SSSR count). The van der Waals surface area contributed by atoms with Crippen molar-refractivity contribution < 1.29 is 23.5 Å². The predicted molar refractivity (Wildman–Crippen MR) is 122 cm³/mol. The van der Waals surface area contributed by atoms with Crippen LogP contribution in [0.25, 0.3) is 0 Å². The normalized spacial score (nSPS) is 18.4. The minimum atomic E-state index is -0.540. The second-order valence-electron chi connectivity index (χ2n) is 8.17. The van der Waals surface area contributed by atoms with Crippen LogP contribution in [-0.2, 0) is 14.4 Å². The second-order valence-corrected chi connectivity index (χ2v) is 8.17. The van der Waals surface area contributed by atoms with Gasteiger partial charge >= 0.3 is 0 Å². The molecule has 174 valence electrons. The molecule has 2 aromatic carbocycles. The van der Waals surface area contributed by atoms with E-state index in [1.165, 1.54) is 29.2 Å². The molecule has 0 spiro atoms. The highest BCUT2D eigenvalue weighted by molar-refractivity contribution is 6.00. The summed E-state index contributed by atoms with van der Waals surface area (Å²) in [6.45, 7) is 2.67. The smallest absolute Gasteiger partial charge is 0.242 e. The molecule has 0 aliphatic carbocycles. The van der Waals surface area contributed by atoms with Gasteiger partial charge in [0.1, 0.15) is 11.6 Å². The average Bonchev–Trinajstić information content (AvgIpc) is 3.24. The first kappa shape index (κ1) is 22.6. The van der Waals surface area contributed by atoms with E-state index < -0.39 is 5.92 Å². The van der Waals surface area contributed by atoms with Crippen LogP contribution in [0.3, 0.4) is 0 Å². The number of halogens is 1. The van der Waals surface area contributed by atoms with Crippen molar-refractivity contribution in [3.63, 3.8) is 0 Å². The van der Waals surface area contributed by atoms with Gasteiger partial charge in [0, 0.05) is 50.5 Å². The molecule has 0 saturated carbocycles. The van der Waals surface area contributed by atoms with Crippen molar-refractivity contribution in [2.24, 2.45) is 5.92 Å². The Morgan fingerprint density at radius 3 is 2.27 bits per heavy atom. The number of hydrogen-bond acceptors (Lipinski definition) is 5. The number of methoxy groups -OCH3 is 1. The molecular formula is C24H27FN4O4. The van der Waals surface area contributed by atoms with Crippen LogP contribution in [0.4, 0.5) is 15.8 Å². The van der Waals surface area contributed by atoms with E-state index in [0.717, 1.165) is 11.4 Å². The van der Waals surface area contributed by atoms with Crippen LogP contribution < -0.4 is 19.9 Å². The first-order valence-electron chi connectivity index (χ1n) is 10.9. The quantitative estimate of drug-likeness (QED) is 0.718. The molecule has 2 fully saturated rings. The Bertz CT molecular complexity index is 1000. The lowest BCUT2D eigenvalue weighted by molar-refractivity contribution is -0.134. The number of nitrogens with one attached hydrogen (secondary N) is 1. The Kier molecular flexibility index (Phi) is 6.76. The highest BCUT2D eigenvalue weighted by atomic mass is 19.1. The largest absolute Gasteiger partial charge is 0.497 e. The van der Waals surface area contributed by atoms with Crippen LogP contribution in [0.1, 0.15) is 6.42 Å². The van der Waals surface area contributed by atoms with E-state index in [0.29, 0.717) is 31.9 Å². The third-order valence-electron chi connectivity index (χ3n) is 6.12. The molecule has 2 aliphatic heterocycles. The fourth-order valence-corrected chi connectivity index (χ4v) is 4.18. The van der Waals surface area contributed by atoms with Crippen LogP contribution in [0.5, 0.6) is 5.75 Å². The number of rotatable bonds is 6. The average molecular weight is 455 g/mol. The van der Waals surface area contributed by atoms with E-state index >= 15 is 0 Å². The molecule has 0 unspecified atom stereocenters. The summed E-state index contributed by atoms with van der Waals surface area (Å²) in [6, 6.07) is 13.4. The Morgan fingerprint density at radius 2 is 1.64 bits per heavy atom. The van der Waals surface area contributed by atoms with Gasteiger partial charge in [-0.25, -0.2) is 4.39 Å². The molecule has 1 N–H and O–H groups in total. The van der Waals surface area contributed by atoms with Gasteiger partial charge in [0.15, 0.2) is 0 Å². The summed E-state index contributed by atoms with van der Waals surface area (Å²) in [4.78, 5) is 42.9. The summed E-state index contributed by atoms with van der Waals surface area (Å²) in [5.74, 6) is -0.781. The van der Waals surface area contributed by atoms with Crippen LogP contribution in [0.15, 0.2) is 48.5 Å². The molecule has 2 saturated heterocycles. The number of piperazine rings is 1. The van der Waals surface area contributed by atoms with Gasteiger partial charge < -0.3 is 24.8 Å². The van der Waals surface area contributed by atoms with E-state index in [-0.39, 0.29) is 43.0 Å². The van der Waals surface area contributed by atoms with E-state index in [1.807, 2.05) is 24.3 Å². The maximum absolute atomic E-state index is 13.1. The molecule has 2 heterocycles. The predicted octanol–water partition coefficient (Wildman–Crippen LogP) is 1.65. The van der Waals surface area contributed by atoms with Gasteiger partial charge in [0.2, 0.25) is 17.7 Å². The fraction of sp³-hybridized carbons (Fsp3) is 0.375. The Hall–Kier alpha value is -3.62. The lowest BCUT2D eigenvalue weighted by atomic mass is 10.1. The maximum Gasteiger partial charge on any atom is 0.242 e. The van der Waals surface area contributed by atoms with Crippen molar-refractivity contribution in [2.45, 2.75) is 6.42 Å². The number of nitrogens with zero attached hydrogens (tertiary/aromatic N) is 3. The van der Waals surface area contributed by atoms with Crippen molar-refractivity contribution >= 4 is 29.1 Å². The van der Waals surface area contributed by atoms with E-state index in [4.69, 9.17) is 4.74 Å². The molecule has 8 nitrogen and oxygen atoms in total. The molecule has 0 aromatic heterocycles. The van der Waals surface area contributed by atoms with Crippen LogP contribution >= 0.6 is 0 Å². The zero-order valence-electron chi connectivity index (χ0n) is 18.5. The monoisotopic (exact) mass is 454 g/mol. The number of ether oxygens (including phenoxy) is 1. The Morgan fingerprint density at radius 1 is 1.00 bits per heavy atom. The van der Waals surface area contributed by atoms with E-state index in [2.05, 4.69) is 10.2 Å². The third-order valence-corrected chi connectivity index (χ3v) is 6.12. The SMILES string of the molecule is COc1ccc(N2CCN(C(=O)CNC(=O)[C@@H]3CC(=O)N(c4ccc(F)cc4)C3)CC2)cc1. The van der Waals surface area contributed by atoms with Crippen molar-refractivity contribution in [1.82, 2.24) is 10.2 Å². The van der Waals surface area contributed by atoms with E-state index in [9.17, 15) is 18.8 Å². The Balaban J connectivity index is 1.23. The minimum absolute atomic E-state index is 0.0674. The number of carbonyl (C=O) groups excluding carboxylic acids is 3. The van der Waals surface area contributed by atoms with Gasteiger partial charge in [0.05, 0.1) is 19.6 Å². The molecule has 1 atom stereocenters. The molecule has 0 radical (unpaired) electrons. The zero-order chi connectivity index (χ0) is 23.4. The summed E-state index contributed by atoms with van der Waals surface area (Å²) in [5, 5.41) is 2.68. The highest BCUT2D eigenvalue weighted by Gasteiger charge is 2.35. The maximum atomic E-state index is 13.1. The highest BCUT2D eigenvalue weighted by Crippen LogP contribution is 2.25. The summed E-state index contributed by atoms with van der Waals surface area (Å²) in [7, 11) is 1.63. The Labute approximate surface area is 191 Å². The van der Waals surface area contributed by atoms with Crippen molar-refractivity contribution in [3.8, 4) is 5.75 Å². The molecule has 0 bridgehead atoms. The van der Waals surface area contributed by atoms with Gasteiger partial charge in [0.25, 0.3) is 0 Å². The molecule has 9 heteroatoms. The lowest BCUT2D eigenvalue weighted by Gasteiger charge is -2.36. The van der Waals surface area contributed by atoms with Gasteiger partial charge in [-0.2, -0.15) is 0 Å². The molecule has 3 amide bonds. The van der Waals surface area contributed by atoms with Gasteiger partial charge in [-0.15, -0.1) is 0 Å². The van der Waals surface area contributed by atoms with Crippen LogP contribution in [-0.4, -0.2) is 69.0 Å². The van der Waals surface area contributed by atoms with E-state index in [1.54, 1.807) is 12.0 Å². The van der Waals surface area contributed by atoms with Crippen molar-refractivity contribution in [2.75, 3.05) is 56.2 Å². The second kappa shape index (κ2) is 9.89. The summed E-state index contributed by atoms with van der Waals surface area (Å²) in [5.41, 5.74) is 1.63. The number of amides is 3. The molecular weight excluding hydrogens is 427 g/mol. The first-order valence-corrected chi connectivity index (χ1v) is 10.9. The summed E-state index contributed by atoms with van der Waals surface area (Å²) in [6.07, 6.45) is 0.0674. The zero-order valence-corrected chi connectivity index (χ0v) is 18.5. The van der Waals surface area contributed by atoms with Gasteiger partial charge in [-0.3, -0.25) is 14.4 Å². The van der Waals surface area contributed by atoms with Crippen LogP contribution in [0.2, 0.25) is 0 Å². The lowest BCUT2D eigenvalue weighted by Crippen LogP contribution is -2.51. The number of benzene rings is 2. The molecule has 33 heavy (non-hydrogen) atoms. The number of carbonyl (C=O) groups is 3. The standard InChI is InChI=1S/C24H27FN4O4/c1-33-21-8-6-19(7-9-21)27-10-12-28(13-11-27)23(31)15-26-24(32)17-14-22(30)29(16-17)20-4-2-18(25)3-5-20/h2-9,17H,10-16H2,1H3,(H,26,32)/t17-/m1/s1. The van der Waals surface area contributed by atoms with Crippen LogP contribution in [0, 0.1) is 11.7 Å². The summed E-state index contributed by atoms with van der Waals surface area (Å²) >= 11 is 0.